The monoisotopic (exact) mass is 586 g/mol. The van der Waals surface area contributed by atoms with Crippen molar-refractivity contribution in [3.63, 3.8) is 0 Å². The normalized spacial score (nSPS) is 11.3. The number of hydrogen-bond acceptors (Lipinski definition) is 6. The number of esters is 2. The van der Waals surface area contributed by atoms with Gasteiger partial charge in [-0.2, -0.15) is 0 Å². The first kappa shape index (κ1) is 26.2. The van der Waals surface area contributed by atoms with Gasteiger partial charge in [0.15, 0.2) is 0 Å². The first-order chi connectivity index (χ1) is 16.9. The minimum atomic E-state index is -0.703. The van der Waals surface area contributed by atoms with E-state index in [4.69, 9.17) is 9.47 Å². The number of methoxy groups -OCH3 is 1. The van der Waals surface area contributed by atoms with Gasteiger partial charge in [0.1, 0.15) is 0 Å². The van der Waals surface area contributed by atoms with Crippen molar-refractivity contribution >= 4 is 46.1 Å². The summed E-state index contributed by atoms with van der Waals surface area (Å²) in [6.45, 7) is 2.50. The van der Waals surface area contributed by atoms with E-state index in [9.17, 15) is 14.4 Å². The predicted molar refractivity (Wildman–Crippen MR) is 142 cm³/mol. The number of nitrogens with one attached hydrogen (secondary N) is 2. The number of ether oxygens (including phenoxy) is 2. The first-order valence-corrected chi connectivity index (χ1v) is 12.2. The Morgan fingerprint density at radius 3 is 2.46 bits per heavy atom. The molecular weight excluding hydrogens is 559 g/mol. The van der Waals surface area contributed by atoms with Crippen molar-refractivity contribution in [3.8, 4) is 0 Å². The molecule has 182 valence electrons. The molecule has 3 rings (SSSR count). The number of carbonyl (C=O) groups is 3. The van der Waals surface area contributed by atoms with E-state index in [-0.39, 0.29) is 18.9 Å². The predicted octanol–water partition coefficient (Wildman–Crippen LogP) is 5.11. The number of halogens is 1. The van der Waals surface area contributed by atoms with E-state index >= 15 is 0 Å². The number of carbonyl (C=O) groups excluding carboxylic acids is 3. The number of amides is 1. The van der Waals surface area contributed by atoms with Crippen molar-refractivity contribution < 1.29 is 23.9 Å². The summed E-state index contributed by atoms with van der Waals surface area (Å²) in [7, 11) is 1.30. The van der Waals surface area contributed by atoms with E-state index in [1.54, 1.807) is 37.3 Å². The lowest BCUT2D eigenvalue weighted by atomic mass is 10.0. The van der Waals surface area contributed by atoms with Gasteiger partial charge in [0.05, 0.1) is 37.3 Å². The standard InChI is InChI=1S/C27H27IN2O5/c1-3-35-25(31)16-24(19-10-7-11-20(14-19)27(33)34-2)30-26(32)22-15-21(28)12-13-23(22)29-17-18-8-5-4-6-9-18/h4-15,24,29H,3,16-17H2,1-2H3,(H,30,32). The molecule has 0 saturated carbocycles. The fourth-order valence-electron chi connectivity index (χ4n) is 3.53. The molecule has 0 aliphatic carbocycles. The summed E-state index contributed by atoms with van der Waals surface area (Å²) in [5, 5.41) is 6.28. The first-order valence-electron chi connectivity index (χ1n) is 11.1. The Bertz CT molecular complexity index is 1180. The van der Waals surface area contributed by atoms with Crippen LogP contribution >= 0.6 is 22.6 Å². The van der Waals surface area contributed by atoms with Crippen molar-refractivity contribution in [3.05, 3.63) is 98.6 Å². The lowest BCUT2D eigenvalue weighted by Crippen LogP contribution is -2.31. The zero-order valence-electron chi connectivity index (χ0n) is 19.5. The van der Waals surface area contributed by atoms with Gasteiger partial charge in [-0.25, -0.2) is 4.79 Å². The van der Waals surface area contributed by atoms with E-state index in [0.717, 1.165) is 9.13 Å². The van der Waals surface area contributed by atoms with Gasteiger partial charge < -0.3 is 20.1 Å². The second-order valence-electron chi connectivity index (χ2n) is 7.68. The molecule has 1 unspecified atom stereocenters. The smallest absolute Gasteiger partial charge is 0.337 e. The van der Waals surface area contributed by atoms with Crippen molar-refractivity contribution in [1.82, 2.24) is 5.32 Å². The molecule has 3 aromatic carbocycles. The van der Waals surface area contributed by atoms with Crippen LogP contribution in [0.25, 0.3) is 0 Å². The third-order valence-corrected chi connectivity index (χ3v) is 5.91. The molecule has 0 spiro atoms. The Morgan fingerprint density at radius 1 is 0.971 bits per heavy atom. The van der Waals surface area contributed by atoms with Gasteiger partial charge in [0.2, 0.25) is 0 Å². The summed E-state index contributed by atoms with van der Waals surface area (Å²) in [6.07, 6.45) is -0.0824. The van der Waals surface area contributed by atoms with Crippen molar-refractivity contribution in [2.45, 2.75) is 25.9 Å². The summed E-state index contributed by atoms with van der Waals surface area (Å²) < 4.78 is 10.8. The van der Waals surface area contributed by atoms with Crippen LogP contribution in [0.15, 0.2) is 72.8 Å². The minimum absolute atomic E-state index is 0.0824. The largest absolute Gasteiger partial charge is 0.466 e. The Kier molecular flexibility index (Phi) is 9.66. The summed E-state index contributed by atoms with van der Waals surface area (Å²) in [5.41, 5.74) is 3.12. The molecule has 0 bridgehead atoms. The lowest BCUT2D eigenvalue weighted by molar-refractivity contribution is -0.143. The van der Waals surface area contributed by atoms with Crippen LogP contribution in [0.2, 0.25) is 0 Å². The van der Waals surface area contributed by atoms with Crippen LogP contribution in [-0.2, 0) is 20.8 Å². The molecule has 0 fully saturated rings. The summed E-state index contributed by atoms with van der Waals surface area (Å²) >= 11 is 2.15. The molecule has 2 N–H and O–H groups in total. The summed E-state index contributed by atoms with van der Waals surface area (Å²) in [4.78, 5) is 37.8. The molecule has 0 aromatic heterocycles. The van der Waals surface area contributed by atoms with Crippen LogP contribution in [0.3, 0.4) is 0 Å². The topological polar surface area (TPSA) is 93.7 Å². The molecule has 0 saturated heterocycles. The second kappa shape index (κ2) is 12.9. The Balaban J connectivity index is 1.87. The van der Waals surface area contributed by atoms with Crippen LogP contribution in [0.4, 0.5) is 5.69 Å². The molecule has 35 heavy (non-hydrogen) atoms. The van der Waals surface area contributed by atoms with Gasteiger partial charge in [-0.3, -0.25) is 9.59 Å². The van der Waals surface area contributed by atoms with Crippen LogP contribution < -0.4 is 10.6 Å². The summed E-state index contributed by atoms with van der Waals surface area (Å²) in [6, 6.07) is 21.4. The van der Waals surface area contributed by atoms with Crippen LogP contribution in [0.1, 0.15) is 51.2 Å². The molecule has 1 atom stereocenters. The maximum Gasteiger partial charge on any atom is 0.337 e. The fourth-order valence-corrected chi connectivity index (χ4v) is 4.02. The highest BCUT2D eigenvalue weighted by molar-refractivity contribution is 14.1. The van der Waals surface area contributed by atoms with E-state index in [1.807, 2.05) is 42.5 Å². The van der Waals surface area contributed by atoms with Crippen molar-refractivity contribution in [2.24, 2.45) is 0 Å². The molecule has 0 radical (unpaired) electrons. The molecular formula is C27H27IN2O5. The van der Waals surface area contributed by atoms with Gasteiger partial charge >= 0.3 is 11.9 Å². The van der Waals surface area contributed by atoms with E-state index < -0.39 is 18.0 Å². The third-order valence-electron chi connectivity index (χ3n) is 5.24. The quantitative estimate of drug-likeness (QED) is 0.253. The van der Waals surface area contributed by atoms with Crippen LogP contribution in [-0.4, -0.2) is 31.6 Å². The number of benzene rings is 3. The number of rotatable bonds is 10. The van der Waals surface area contributed by atoms with Gasteiger partial charge in [-0.1, -0.05) is 42.5 Å². The maximum atomic E-state index is 13.4. The highest BCUT2D eigenvalue weighted by atomic mass is 127. The average Bonchev–Trinajstić information content (AvgIpc) is 2.87. The number of anilines is 1. The van der Waals surface area contributed by atoms with E-state index in [2.05, 4.69) is 33.2 Å². The molecule has 0 heterocycles. The SMILES string of the molecule is CCOC(=O)CC(NC(=O)c1cc(I)ccc1NCc1ccccc1)c1cccc(C(=O)OC)c1. The maximum absolute atomic E-state index is 13.4. The van der Waals surface area contributed by atoms with Gasteiger partial charge in [0.25, 0.3) is 5.91 Å². The fraction of sp³-hybridized carbons (Fsp3) is 0.222. The van der Waals surface area contributed by atoms with Gasteiger partial charge in [-0.05, 0) is 71.0 Å². The average molecular weight is 586 g/mol. The lowest BCUT2D eigenvalue weighted by Gasteiger charge is -2.20. The Hall–Kier alpha value is -3.40. The second-order valence-corrected chi connectivity index (χ2v) is 8.93. The van der Waals surface area contributed by atoms with Gasteiger partial charge in [0, 0.05) is 15.8 Å². The molecule has 1 amide bonds. The van der Waals surface area contributed by atoms with Crippen molar-refractivity contribution in [2.75, 3.05) is 19.0 Å². The van der Waals surface area contributed by atoms with E-state index in [1.165, 1.54) is 7.11 Å². The zero-order chi connectivity index (χ0) is 25.2. The van der Waals surface area contributed by atoms with E-state index in [0.29, 0.717) is 28.9 Å². The third kappa shape index (κ3) is 7.54. The van der Waals surface area contributed by atoms with Crippen LogP contribution in [0, 0.1) is 3.57 Å². The zero-order valence-corrected chi connectivity index (χ0v) is 21.7. The number of hydrogen-bond donors (Lipinski definition) is 2. The highest BCUT2D eigenvalue weighted by Gasteiger charge is 2.23. The highest BCUT2D eigenvalue weighted by Crippen LogP contribution is 2.24. The van der Waals surface area contributed by atoms with Crippen molar-refractivity contribution in [1.29, 1.82) is 0 Å². The Labute approximate surface area is 218 Å². The molecule has 7 nitrogen and oxygen atoms in total. The van der Waals surface area contributed by atoms with Crippen LogP contribution in [0.5, 0.6) is 0 Å². The minimum Gasteiger partial charge on any atom is -0.466 e. The Morgan fingerprint density at radius 2 is 1.74 bits per heavy atom. The molecule has 0 aliphatic heterocycles. The molecule has 3 aromatic rings. The molecule has 8 heteroatoms. The summed E-state index contributed by atoms with van der Waals surface area (Å²) in [5.74, 6) is -1.30. The molecule has 0 aliphatic rings. The van der Waals surface area contributed by atoms with Gasteiger partial charge in [-0.15, -0.1) is 0 Å².